The molecule has 0 saturated heterocycles. The van der Waals surface area contributed by atoms with E-state index in [0.717, 1.165) is 12.8 Å². The van der Waals surface area contributed by atoms with E-state index in [2.05, 4.69) is 5.32 Å². The number of aliphatic carboxylic acids is 1. The van der Waals surface area contributed by atoms with Gasteiger partial charge in [0, 0.05) is 6.54 Å². The van der Waals surface area contributed by atoms with Gasteiger partial charge in [0.1, 0.15) is 6.04 Å². The summed E-state index contributed by atoms with van der Waals surface area (Å²) in [7, 11) is 0. The first kappa shape index (κ1) is 9.48. The van der Waals surface area contributed by atoms with Crippen molar-refractivity contribution in [3.63, 3.8) is 0 Å². The van der Waals surface area contributed by atoms with E-state index in [0.29, 0.717) is 12.5 Å². The predicted octanol–water partition coefficient (Wildman–Crippen LogP) is -0.180. The highest BCUT2D eigenvalue weighted by atomic mass is 16.4. The summed E-state index contributed by atoms with van der Waals surface area (Å²) in [5, 5.41) is 20.6. The molecule has 12 heavy (non-hydrogen) atoms. The Hall–Kier alpha value is -0.610. The van der Waals surface area contributed by atoms with Gasteiger partial charge in [-0.05, 0) is 25.7 Å². The molecule has 0 heterocycles. The molecule has 1 fully saturated rings. The molecule has 1 aliphatic carbocycles. The fourth-order valence-electron chi connectivity index (χ4n) is 1.03. The standard InChI is InChI=1S/C8H15NO3/c1-5(8(11)12)9-4-7(10)6-2-3-6/h5-7,9-10H,2-4H2,1H3,(H,11,12). The lowest BCUT2D eigenvalue weighted by Crippen LogP contribution is -2.39. The summed E-state index contributed by atoms with van der Waals surface area (Å²) in [4.78, 5) is 10.4. The summed E-state index contributed by atoms with van der Waals surface area (Å²) in [6.45, 7) is 1.96. The van der Waals surface area contributed by atoms with Gasteiger partial charge in [0.2, 0.25) is 0 Å². The van der Waals surface area contributed by atoms with E-state index >= 15 is 0 Å². The second-order valence-electron chi connectivity index (χ2n) is 3.37. The van der Waals surface area contributed by atoms with Crippen molar-refractivity contribution in [2.75, 3.05) is 6.54 Å². The zero-order valence-electron chi connectivity index (χ0n) is 7.16. The van der Waals surface area contributed by atoms with Crippen molar-refractivity contribution in [2.45, 2.75) is 31.9 Å². The van der Waals surface area contributed by atoms with Crippen LogP contribution in [-0.2, 0) is 4.79 Å². The third kappa shape index (κ3) is 2.79. The number of hydrogen-bond acceptors (Lipinski definition) is 3. The lowest BCUT2D eigenvalue weighted by atomic mass is 10.2. The molecule has 0 spiro atoms. The van der Waals surface area contributed by atoms with Crippen LogP contribution in [0.3, 0.4) is 0 Å². The van der Waals surface area contributed by atoms with Gasteiger partial charge in [0.25, 0.3) is 0 Å². The molecule has 0 aromatic carbocycles. The van der Waals surface area contributed by atoms with E-state index in [1.165, 1.54) is 0 Å². The maximum atomic E-state index is 10.4. The summed E-state index contributed by atoms with van der Waals surface area (Å²) in [6.07, 6.45) is 1.78. The molecule has 3 N–H and O–H groups in total. The van der Waals surface area contributed by atoms with Crippen LogP contribution in [0, 0.1) is 5.92 Å². The minimum atomic E-state index is -0.877. The number of hydrogen-bond donors (Lipinski definition) is 3. The molecule has 0 radical (unpaired) electrons. The molecule has 0 aromatic heterocycles. The third-order valence-electron chi connectivity index (χ3n) is 2.17. The quantitative estimate of drug-likeness (QED) is 0.539. The van der Waals surface area contributed by atoms with Gasteiger partial charge in [-0.15, -0.1) is 0 Å². The molecule has 4 nitrogen and oxygen atoms in total. The molecule has 0 bridgehead atoms. The smallest absolute Gasteiger partial charge is 0.320 e. The molecule has 2 atom stereocenters. The average molecular weight is 173 g/mol. The number of aliphatic hydroxyl groups is 1. The first-order valence-corrected chi connectivity index (χ1v) is 4.25. The summed E-state index contributed by atoms with van der Waals surface area (Å²) in [5.74, 6) is -0.475. The lowest BCUT2D eigenvalue weighted by Gasteiger charge is -2.13. The number of aliphatic hydroxyl groups excluding tert-OH is 1. The van der Waals surface area contributed by atoms with Gasteiger partial charge in [0.15, 0.2) is 0 Å². The fraction of sp³-hybridized carbons (Fsp3) is 0.875. The molecular formula is C8H15NO3. The van der Waals surface area contributed by atoms with E-state index in [-0.39, 0.29) is 6.10 Å². The first-order chi connectivity index (χ1) is 5.61. The number of carbonyl (C=O) groups is 1. The van der Waals surface area contributed by atoms with E-state index < -0.39 is 12.0 Å². The number of nitrogens with one attached hydrogen (secondary N) is 1. The molecule has 0 aliphatic heterocycles. The van der Waals surface area contributed by atoms with Crippen LogP contribution in [0.5, 0.6) is 0 Å². The summed E-state index contributed by atoms with van der Waals surface area (Å²) in [6, 6.07) is -0.571. The molecular weight excluding hydrogens is 158 g/mol. The van der Waals surface area contributed by atoms with Crippen LogP contribution in [0.25, 0.3) is 0 Å². The predicted molar refractivity (Wildman–Crippen MR) is 43.8 cm³/mol. The summed E-state index contributed by atoms with van der Waals surface area (Å²) in [5.41, 5.74) is 0. The third-order valence-corrected chi connectivity index (χ3v) is 2.17. The van der Waals surface area contributed by atoms with Gasteiger partial charge < -0.3 is 15.5 Å². The van der Waals surface area contributed by atoms with Crippen molar-refractivity contribution < 1.29 is 15.0 Å². The molecule has 0 amide bonds. The average Bonchev–Trinajstić information content (AvgIpc) is 2.81. The largest absolute Gasteiger partial charge is 0.480 e. The molecule has 1 aliphatic rings. The minimum absolute atomic E-state index is 0.369. The van der Waals surface area contributed by atoms with Crippen molar-refractivity contribution in [2.24, 2.45) is 5.92 Å². The maximum absolute atomic E-state index is 10.4. The maximum Gasteiger partial charge on any atom is 0.320 e. The Balaban J connectivity index is 2.11. The molecule has 1 saturated carbocycles. The Morgan fingerprint density at radius 3 is 2.67 bits per heavy atom. The molecule has 2 unspecified atom stereocenters. The van der Waals surface area contributed by atoms with Crippen molar-refractivity contribution >= 4 is 5.97 Å². The second kappa shape index (κ2) is 3.87. The van der Waals surface area contributed by atoms with Crippen LogP contribution >= 0.6 is 0 Å². The van der Waals surface area contributed by atoms with Gasteiger partial charge in [-0.3, -0.25) is 4.79 Å². The zero-order valence-corrected chi connectivity index (χ0v) is 7.16. The topological polar surface area (TPSA) is 69.6 Å². The Morgan fingerprint density at radius 1 is 1.67 bits per heavy atom. The van der Waals surface area contributed by atoms with Crippen LogP contribution in [-0.4, -0.2) is 34.9 Å². The van der Waals surface area contributed by atoms with Crippen molar-refractivity contribution in [1.29, 1.82) is 0 Å². The van der Waals surface area contributed by atoms with Crippen molar-refractivity contribution in [3.8, 4) is 0 Å². The molecule has 70 valence electrons. The van der Waals surface area contributed by atoms with Crippen LogP contribution < -0.4 is 5.32 Å². The summed E-state index contributed by atoms with van der Waals surface area (Å²) < 4.78 is 0. The van der Waals surface area contributed by atoms with Crippen LogP contribution in [0.1, 0.15) is 19.8 Å². The highest BCUT2D eigenvalue weighted by molar-refractivity contribution is 5.72. The Bertz CT molecular complexity index is 168. The van der Waals surface area contributed by atoms with Crippen LogP contribution in [0.2, 0.25) is 0 Å². The lowest BCUT2D eigenvalue weighted by molar-refractivity contribution is -0.139. The van der Waals surface area contributed by atoms with E-state index in [1.807, 2.05) is 0 Å². The SMILES string of the molecule is CC(NCC(O)C1CC1)C(=O)O. The molecule has 4 heteroatoms. The molecule has 1 rings (SSSR count). The van der Waals surface area contributed by atoms with Crippen molar-refractivity contribution in [3.05, 3.63) is 0 Å². The second-order valence-corrected chi connectivity index (χ2v) is 3.37. The van der Waals surface area contributed by atoms with E-state index in [1.54, 1.807) is 6.92 Å². The highest BCUT2D eigenvalue weighted by Gasteiger charge is 2.29. The Labute approximate surface area is 71.6 Å². The van der Waals surface area contributed by atoms with Crippen LogP contribution in [0.4, 0.5) is 0 Å². The van der Waals surface area contributed by atoms with Gasteiger partial charge in [-0.2, -0.15) is 0 Å². The number of carboxylic acids is 1. The van der Waals surface area contributed by atoms with E-state index in [9.17, 15) is 9.90 Å². The minimum Gasteiger partial charge on any atom is -0.480 e. The van der Waals surface area contributed by atoms with Crippen molar-refractivity contribution in [1.82, 2.24) is 5.32 Å². The molecule has 0 aromatic rings. The van der Waals surface area contributed by atoms with Crippen LogP contribution in [0.15, 0.2) is 0 Å². The number of rotatable bonds is 5. The monoisotopic (exact) mass is 173 g/mol. The highest BCUT2D eigenvalue weighted by Crippen LogP contribution is 2.32. The Kier molecular flexibility index (Phi) is 3.05. The van der Waals surface area contributed by atoms with Gasteiger partial charge in [0.05, 0.1) is 6.10 Å². The van der Waals surface area contributed by atoms with E-state index in [4.69, 9.17) is 5.11 Å². The van der Waals surface area contributed by atoms with Gasteiger partial charge >= 0.3 is 5.97 Å². The summed E-state index contributed by atoms with van der Waals surface area (Å²) >= 11 is 0. The normalized spacial score (nSPS) is 21.8. The first-order valence-electron chi connectivity index (χ1n) is 4.25. The zero-order chi connectivity index (χ0) is 9.14. The van der Waals surface area contributed by atoms with Gasteiger partial charge in [-0.1, -0.05) is 0 Å². The Morgan fingerprint density at radius 2 is 2.25 bits per heavy atom. The number of carboxylic acid groups (broad SMARTS) is 1. The fourth-order valence-corrected chi connectivity index (χ4v) is 1.03. The van der Waals surface area contributed by atoms with Gasteiger partial charge in [-0.25, -0.2) is 0 Å².